The van der Waals surface area contributed by atoms with Gasteiger partial charge in [-0.15, -0.1) is 0 Å². The molecule has 0 aromatic heterocycles. The third kappa shape index (κ3) is 4.82. The van der Waals surface area contributed by atoms with E-state index in [1.807, 2.05) is 12.1 Å². The molecule has 0 radical (unpaired) electrons. The lowest BCUT2D eigenvalue weighted by molar-refractivity contribution is -0.170. The van der Waals surface area contributed by atoms with E-state index in [4.69, 9.17) is 0 Å². The van der Waals surface area contributed by atoms with Crippen molar-refractivity contribution in [1.82, 2.24) is 4.31 Å². The van der Waals surface area contributed by atoms with Crippen LogP contribution in [0.5, 0.6) is 0 Å². The zero-order chi connectivity index (χ0) is 23.2. The molecule has 0 fully saturated rings. The van der Waals surface area contributed by atoms with E-state index >= 15 is 0 Å². The van der Waals surface area contributed by atoms with Crippen LogP contribution in [0.4, 0.5) is 18.9 Å². The van der Waals surface area contributed by atoms with Gasteiger partial charge in [-0.05, 0) is 56.0 Å². The first kappa shape index (κ1) is 23.8. The number of anilines is 1. The van der Waals surface area contributed by atoms with E-state index in [2.05, 4.69) is 31.3 Å². The van der Waals surface area contributed by atoms with E-state index < -0.39 is 28.0 Å². The molecule has 0 saturated carbocycles. The van der Waals surface area contributed by atoms with Crippen LogP contribution < -0.4 is 5.32 Å². The van der Waals surface area contributed by atoms with E-state index in [1.54, 1.807) is 32.9 Å². The molecule has 1 aliphatic carbocycles. The SMILES string of the molecule is CN([C@@H](c1ccc(NC2Cc3ccccc3C2(C)C)cc1)C(F)(F)F)[S@@](=O)C(C)(C)C. The molecule has 7 heteroatoms. The van der Waals surface area contributed by atoms with Crippen LogP contribution in [0, 0.1) is 0 Å². The highest BCUT2D eigenvalue weighted by molar-refractivity contribution is 7.84. The van der Waals surface area contributed by atoms with Gasteiger partial charge in [-0.2, -0.15) is 13.2 Å². The number of halogens is 3. The van der Waals surface area contributed by atoms with Crippen LogP contribution in [0.15, 0.2) is 48.5 Å². The second-order valence-corrected chi connectivity index (χ2v) is 12.1. The molecule has 1 aliphatic rings. The highest BCUT2D eigenvalue weighted by Crippen LogP contribution is 2.41. The summed E-state index contributed by atoms with van der Waals surface area (Å²) < 4.78 is 54.4. The Hall–Kier alpha value is -1.86. The molecule has 0 spiro atoms. The van der Waals surface area contributed by atoms with Crippen molar-refractivity contribution in [3.63, 3.8) is 0 Å². The maximum Gasteiger partial charge on any atom is 0.409 e. The van der Waals surface area contributed by atoms with Crippen molar-refractivity contribution in [2.75, 3.05) is 12.4 Å². The molecular weight excluding hydrogens is 421 g/mol. The van der Waals surface area contributed by atoms with Crippen molar-refractivity contribution in [3.05, 3.63) is 65.2 Å². The van der Waals surface area contributed by atoms with Crippen LogP contribution in [0.1, 0.15) is 57.4 Å². The van der Waals surface area contributed by atoms with Crippen molar-refractivity contribution in [2.45, 2.75) is 69.5 Å². The van der Waals surface area contributed by atoms with Crippen molar-refractivity contribution in [3.8, 4) is 0 Å². The van der Waals surface area contributed by atoms with Gasteiger partial charge in [0.1, 0.15) is 17.0 Å². The van der Waals surface area contributed by atoms with Crippen LogP contribution in [0.3, 0.4) is 0 Å². The fraction of sp³-hybridized carbons (Fsp3) is 0.500. The number of benzene rings is 2. The van der Waals surface area contributed by atoms with Gasteiger partial charge < -0.3 is 5.32 Å². The molecule has 0 saturated heterocycles. The zero-order valence-electron chi connectivity index (χ0n) is 18.9. The van der Waals surface area contributed by atoms with Gasteiger partial charge in [-0.3, -0.25) is 0 Å². The first-order valence-corrected chi connectivity index (χ1v) is 11.5. The Kier molecular flexibility index (Phi) is 6.33. The van der Waals surface area contributed by atoms with Gasteiger partial charge in [0, 0.05) is 24.2 Å². The topological polar surface area (TPSA) is 32.3 Å². The normalized spacial score (nSPS) is 20.4. The minimum Gasteiger partial charge on any atom is -0.381 e. The lowest BCUT2D eigenvalue weighted by atomic mass is 9.83. The van der Waals surface area contributed by atoms with Crippen molar-refractivity contribution < 1.29 is 17.4 Å². The summed E-state index contributed by atoms with van der Waals surface area (Å²) >= 11 is 0. The lowest BCUT2D eigenvalue weighted by Crippen LogP contribution is -2.42. The average Bonchev–Trinajstić information content (AvgIpc) is 2.91. The number of hydrogen-bond donors (Lipinski definition) is 1. The fourth-order valence-corrected chi connectivity index (χ4v) is 5.61. The Balaban J connectivity index is 1.82. The predicted octanol–water partition coefficient (Wildman–Crippen LogP) is 6.00. The monoisotopic (exact) mass is 452 g/mol. The summed E-state index contributed by atoms with van der Waals surface area (Å²) in [5.74, 6) is 0. The lowest BCUT2D eigenvalue weighted by Gasteiger charge is -2.34. The molecule has 31 heavy (non-hydrogen) atoms. The third-order valence-corrected chi connectivity index (χ3v) is 7.81. The van der Waals surface area contributed by atoms with E-state index in [-0.39, 0.29) is 17.0 Å². The first-order valence-electron chi connectivity index (χ1n) is 10.4. The molecule has 3 nitrogen and oxygen atoms in total. The number of nitrogens with one attached hydrogen (secondary N) is 1. The second-order valence-electron chi connectivity index (χ2n) is 9.75. The van der Waals surface area contributed by atoms with Crippen LogP contribution in [0.25, 0.3) is 0 Å². The molecule has 1 N–H and O–H groups in total. The van der Waals surface area contributed by atoms with E-state index in [1.165, 1.54) is 30.3 Å². The average molecular weight is 453 g/mol. The van der Waals surface area contributed by atoms with E-state index in [0.29, 0.717) is 0 Å². The molecule has 0 bridgehead atoms. The number of rotatable bonds is 5. The van der Waals surface area contributed by atoms with Gasteiger partial charge in [-0.25, -0.2) is 8.51 Å². The Morgan fingerprint density at radius 3 is 2.16 bits per heavy atom. The molecule has 3 atom stereocenters. The number of nitrogens with zero attached hydrogens (tertiary/aromatic N) is 1. The number of alkyl halides is 3. The van der Waals surface area contributed by atoms with Gasteiger partial charge >= 0.3 is 6.18 Å². The summed E-state index contributed by atoms with van der Waals surface area (Å²) in [5.41, 5.74) is 3.35. The van der Waals surface area contributed by atoms with Gasteiger partial charge in [0.05, 0.1) is 4.75 Å². The standard InChI is InChI=1S/C24H31F3N2OS/c1-22(2,3)31(30)29(6)21(24(25,26)27)16-11-13-18(14-12-16)28-20-15-17-9-7-8-10-19(17)23(20,4)5/h7-14,20-21,28H,15H2,1-6H3/t20?,21-,31-/m0/s1. The Bertz CT molecular complexity index is 949. The summed E-state index contributed by atoms with van der Waals surface area (Å²) in [7, 11) is -0.536. The highest BCUT2D eigenvalue weighted by Gasteiger charge is 2.47. The quantitative estimate of drug-likeness (QED) is 0.604. The summed E-state index contributed by atoms with van der Waals surface area (Å²) in [6, 6.07) is 12.9. The highest BCUT2D eigenvalue weighted by atomic mass is 32.2. The molecule has 0 aliphatic heterocycles. The van der Waals surface area contributed by atoms with Gasteiger partial charge in [-0.1, -0.05) is 50.2 Å². The van der Waals surface area contributed by atoms with Crippen LogP contribution in [0.2, 0.25) is 0 Å². The Morgan fingerprint density at radius 1 is 1.06 bits per heavy atom. The predicted molar refractivity (Wildman–Crippen MR) is 121 cm³/mol. The maximum atomic E-state index is 13.9. The minimum absolute atomic E-state index is 0.0760. The first-order chi connectivity index (χ1) is 14.2. The minimum atomic E-state index is -4.54. The van der Waals surface area contributed by atoms with Crippen molar-refractivity contribution in [2.24, 2.45) is 0 Å². The molecule has 2 aromatic rings. The molecule has 1 unspecified atom stereocenters. The second kappa shape index (κ2) is 8.24. The zero-order valence-corrected chi connectivity index (χ0v) is 19.7. The van der Waals surface area contributed by atoms with E-state index in [9.17, 15) is 17.4 Å². The summed E-state index contributed by atoms with van der Waals surface area (Å²) in [5, 5.41) is 3.50. The summed E-state index contributed by atoms with van der Waals surface area (Å²) in [4.78, 5) is 0. The molecule has 2 aromatic carbocycles. The van der Waals surface area contributed by atoms with Crippen LogP contribution >= 0.6 is 0 Å². The van der Waals surface area contributed by atoms with Crippen LogP contribution in [-0.4, -0.2) is 32.5 Å². The van der Waals surface area contributed by atoms with Gasteiger partial charge in [0.15, 0.2) is 0 Å². The van der Waals surface area contributed by atoms with Gasteiger partial charge in [0.25, 0.3) is 0 Å². The van der Waals surface area contributed by atoms with Crippen molar-refractivity contribution >= 4 is 16.7 Å². The Labute approximate surface area is 185 Å². The molecule has 0 heterocycles. The number of fused-ring (bicyclic) bond motifs is 1. The summed E-state index contributed by atoms with van der Waals surface area (Å²) in [6.45, 7) is 9.37. The molecule has 0 amide bonds. The summed E-state index contributed by atoms with van der Waals surface area (Å²) in [6.07, 6.45) is -3.68. The molecule has 3 rings (SSSR count). The van der Waals surface area contributed by atoms with Crippen LogP contribution in [-0.2, 0) is 22.8 Å². The van der Waals surface area contributed by atoms with E-state index in [0.717, 1.165) is 16.4 Å². The largest absolute Gasteiger partial charge is 0.409 e. The smallest absolute Gasteiger partial charge is 0.381 e. The third-order valence-electron chi connectivity index (χ3n) is 6.03. The maximum absolute atomic E-state index is 13.9. The molecule has 170 valence electrons. The Morgan fingerprint density at radius 2 is 1.65 bits per heavy atom. The van der Waals surface area contributed by atoms with Crippen molar-refractivity contribution in [1.29, 1.82) is 0 Å². The fourth-order valence-electron chi connectivity index (χ4n) is 4.32. The number of hydrogen-bond acceptors (Lipinski definition) is 2. The molecular formula is C24H31F3N2OS. The van der Waals surface area contributed by atoms with Gasteiger partial charge in [0.2, 0.25) is 0 Å².